The van der Waals surface area contributed by atoms with Crippen LogP contribution in [0.3, 0.4) is 0 Å². The number of benzene rings is 2. The maximum absolute atomic E-state index is 14.8. The van der Waals surface area contributed by atoms with Crippen LogP contribution in [0, 0.1) is 24.6 Å². The number of thiazole rings is 2. The maximum atomic E-state index is 14.8. The van der Waals surface area contributed by atoms with Gasteiger partial charge in [-0.25, -0.2) is 19.2 Å². The quantitative estimate of drug-likeness (QED) is 0.0605. The SMILES string of the molecule is Cc1cc(N(CCCCCN(C)C2CCNCC2)c2nc(C(=O)O)c(CCCOc3ccc(C#CCN(C)C)cc3F)s2)nnc1Nc1nc2ccccc2s1. The van der Waals surface area contributed by atoms with Crippen LogP contribution in [-0.2, 0) is 6.42 Å². The van der Waals surface area contributed by atoms with Gasteiger partial charge < -0.3 is 30.3 Å². The molecule has 12 nitrogen and oxygen atoms in total. The van der Waals surface area contributed by atoms with Crippen LogP contribution in [0.15, 0.2) is 48.5 Å². The Hall–Kier alpha value is -4.72. The molecule has 0 amide bonds. The van der Waals surface area contributed by atoms with Gasteiger partial charge in [-0.2, -0.15) is 0 Å². The molecule has 1 aliphatic rings. The number of carboxylic acid groups (broad SMARTS) is 1. The fraction of sp³-hybridized carbons (Fsp3) is 0.439. The molecular weight excluding hydrogens is 750 g/mol. The minimum absolute atomic E-state index is 0.00392. The number of carbonyl (C=O) groups is 1. The first-order valence-electron chi connectivity index (χ1n) is 19.1. The molecule has 0 radical (unpaired) electrons. The zero-order chi connectivity index (χ0) is 39.4. The van der Waals surface area contributed by atoms with Gasteiger partial charge >= 0.3 is 5.97 Å². The number of unbranched alkanes of at least 4 members (excludes halogenated alkanes) is 2. The lowest BCUT2D eigenvalue weighted by molar-refractivity contribution is 0.0690. The number of ether oxygens (including phenoxy) is 1. The first-order chi connectivity index (χ1) is 27.1. The molecule has 0 saturated carbocycles. The summed E-state index contributed by atoms with van der Waals surface area (Å²) in [5.41, 5.74) is 2.37. The third-order valence-corrected chi connectivity index (χ3v) is 11.7. The first-order valence-corrected chi connectivity index (χ1v) is 20.7. The fourth-order valence-corrected chi connectivity index (χ4v) is 8.49. The van der Waals surface area contributed by atoms with Gasteiger partial charge in [0.2, 0.25) is 0 Å². The molecule has 1 aliphatic heterocycles. The molecule has 2 aromatic carbocycles. The highest BCUT2D eigenvalue weighted by molar-refractivity contribution is 7.22. The van der Waals surface area contributed by atoms with Crippen molar-refractivity contribution in [2.75, 3.05) is 70.7 Å². The van der Waals surface area contributed by atoms with E-state index in [0.717, 1.165) is 59.8 Å². The predicted molar refractivity (Wildman–Crippen MR) is 224 cm³/mol. The molecule has 0 bridgehead atoms. The van der Waals surface area contributed by atoms with Crippen molar-refractivity contribution in [2.24, 2.45) is 0 Å². The van der Waals surface area contributed by atoms with Crippen LogP contribution in [-0.4, -0.2) is 108 Å². The number of nitrogens with zero attached hydrogens (tertiary/aromatic N) is 7. The number of hydrogen-bond donors (Lipinski definition) is 3. The highest BCUT2D eigenvalue weighted by Gasteiger charge is 2.24. The second kappa shape index (κ2) is 19.9. The summed E-state index contributed by atoms with van der Waals surface area (Å²) in [5.74, 6) is 5.70. The van der Waals surface area contributed by atoms with Gasteiger partial charge in [0, 0.05) is 23.0 Å². The molecule has 15 heteroatoms. The minimum Gasteiger partial charge on any atom is -0.491 e. The number of anilines is 4. The van der Waals surface area contributed by atoms with E-state index in [4.69, 9.17) is 4.74 Å². The molecule has 0 spiro atoms. The van der Waals surface area contributed by atoms with Crippen LogP contribution in [0.2, 0.25) is 0 Å². The lowest BCUT2D eigenvalue weighted by atomic mass is 10.0. The summed E-state index contributed by atoms with van der Waals surface area (Å²) in [6.07, 6.45) is 6.14. The molecule has 0 atom stereocenters. The average Bonchev–Trinajstić information content (AvgIpc) is 3.80. The lowest BCUT2D eigenvalue weighted by Gasteiger charge is -2.31. The second-order valence-corrected chi connectivity index (χ2v) is 16.3. The number of aromatic nitrogens is 4. The number of aryl methyl sites for hydroxylation is 2. The number of carboxylic acids is 1. The molecule has 4 heterocycles. The monoisotopic (exact) mass is 799 g/mol. The molecule has 296 valence electrons. The van der Waals surface area contributed by atoms with Crippen LogP contribution in [0.5, 0.6) is 5.75 Å². The smallest absolute Gasteiger partial charge is 0.355 e. The van der Waals surface area contributed by atoms with E-state index in [1.165, 1.54) is 30.2 Å². The zero-order valence-corrected chi connectivity index (χ0v) is 34.1. The average molecular weight is 800 g/mol. The van der Waals surface area contributed by atoms with E-state index in [-0.39, 0.29) is 18.1 Å². The summed E-state index contributed by atoms with van der Waals surface area (Å²) in [6.45, 7) is 6.52. The van der Waals surface area contributed by atoms with Gasteiger partial charge in [0.25, 0.3) is 0 Å². The molecule has 56 heavy (non-hydrogen) atoms. The van der Waals surface area contributed by atoms with Gasteiger partial charge in [-0.15, -0.1) is 21.5 Å². The summed E-state index contributed by atoms with van der Waals surface area (Å²) in [5, 5.41) is 27.4. The van der Waals surface area contributed by atoms with Gasteiger partial charge in [0.1, 0.15) is 0 Å². The third-order valence-electron chi connectivity index (χ3n) is 9.58. The number of hydrogen-bond acceptors (Lipinski definition) is 13. The van der Waals surface area contributed by atoms with Gasteiger partial charge in [0.05, 0.1) is 23.4 Å². The Kier molecular flexibility index (Phi) is 14.6. The fourth-order valence-electron chi connectivity index (χ4n) is 6.50. The highest BCUT2D eigenvalue weighted by Crippen LogP contribution is 2.34. The van der Waals surface area contributed by atoms with Crippen molar-refractivity contribution >= 4 is 60.8 Å². The molecule has 1 fully saturated rings. The van der Waals surface area contributed by atoms with Crippen molar-refractivity contribution in [1.29, 1.82) is 0 Å². The third kappa shape index (κ3) is 11.2. The maximum Gasteiger partial charge on any atom is 0.355 e. The number of fused-ring (bicyclic) bond motifs is 1. The second-order valence-electron chi connectivity index (χ2n) is 14.2. The molecule has 6 rings (SSSR count). The van der Waals surface area contributed by atoms with Crippen LogP contribution in [0.25, 0.3) is 10.2 Å². The molecule has 0 aliphatic carbocycles. The summed E-state index contributed by atoms with van der Waals surface area (Å²) < 4.78 is 21.6. The lowest BCUT2D eigenvalue weighted by Crippen LogP contribution is -2.41. The van der Waals surface area contributed by atoms with Gasteiger partial charge in [0.15, 0.2) is 39.2 Å². The molecule has 3 N–H and O–H groups in total. The van der Waals surface area contributed by atoms with E-state index in [9.17, 15) is 14.3 Å². The number of piperidine rings is 1. The molecule has 5 aromatic rings. The van der Waals surface area contributed by atoms with Crippen molar-refractivity contribution in [3.63, 3.8) is 0 Å². The highest BCUT2D eigenvalue weighted by atomic mass is 32.1. The van der Waals surface area contributed by atoms with E-state index in [2.05, 4.69) is 54.6 Å². The van der Waals surface area contributed by atoms with Gasteiger partial charge in [-0.05, 0) is 128 Å². The summed E-state index contributed by atoms with van der Waals surface area (Å²) in [4.78, 5) is 28.8. The number of para-hydroxylation sites is 1. The molecule has 1 saturated heterocycles. The van der Waals surface area contributed by atoms with E-state index in [0.29, 0.717) is 59.2 Å². The standard InChI is InChI=1S/C41H50FN9O3S2/c1-28-26-36(47-48-38(28)46-40-44-32-13-6-7-14-34(32)55-40)51(24-9-5-8-23-50(4)30-18-20-43-21-19-30)41-45-37(39(52)53)35(56-41)15-11-25-54-33-17-16-29(27-31(33)42)12-10-22-49(2)3/h6-7,13-14,16-17,26-27,30,43H,5,8-9,11,15,18-25H2,1-4H3,(H,52,53)(H,44,46,48). The number of nitrogens with one attached hydrogen (secondary N) is 2. The van der Waals surface area contributed by atoms with Gasteiger partial charge in [-0.3, -0.25) is 4.90 Å². The largest absolute Gasteiger partial charge is 0.491 e. The Bertz CT molecular complexity index is 2110. The summed E-state index contributed by atoms with van der Waals surface area (Å²) in [6, 6.07) is 15.2. The Morgan fingerprint density at radius 1 is 1.02 bits per heavy atom. The molecular formula is C41H50FN9O3S2. The number of rotatable bonds is 18. The Labute approximate surface area is 336 Å². The summed E-state index contributed by atoms with van der Waals surface area (Å²) >= 11 is 2.88. The van der Waals surface area contributed by atoms with Crippen LogP contribution >= 0.6 is 22.7 Å². The molecule has 3 aromatic heterocycles. The van der Waals surface area contributed by atoms with E-state index < -0.39 is 11.8 Å². The van der Waals surface area contributed by atoms with Crippen LogP contribution in [0.1, 0.15) is 65.0 Å². The number of aromatic carboxylic acids is 1. The topological polar surface area (TPSA) is 132 Å². The first kappa shape index (κ1) is 40.9. The Morgan fingerprint density at radius 3 is 2.57 bits per heavy atom. The van der Waals surface area contributed by atoms with Crippen LogP contribution in [0.4, 0.5) is 26.3 Å². The van der Waals surface area contributed by atoms with Crippen molar-refractivity contribution in [3.05, 3.63) is 76.0 Å². The Balaban J connectivity index is 1.14. The van der Waals surface area contributed by atoms with E-state index in [1.54, 1.807) is 23.5 Å². The molecule has 0 unspecified atom stereocenters. The normalized spacial score (nSPS) is 13.3. The van der Waals surface area contributed by atoms with Crippen molar-refractivity contribution in [1.82, 2.24) is 35.3 Å². The van der Waals surface area contributed by atoms with Crippen LogP contribution < -0.4 is 20.3 Å². The van der Waals surface area contributed by atoms with Gasteiger partial charge in [-0.1, -0.05) is 41.7 Å². The summed E-state index contributed by atoms with van der Waals surface area (Å²) in [7, 11) is 6.06. The zero-order valence-electron chi connectivity index (χ0n) is 32.5. The van der Waals surface area contributed by atoms with Crippen molar-refractivity contribution in [3.8, 4) is 17.6 Å². The van der Waals surface area contributed by atoms with Crippen molar-refractivity contribution < 1.29 is 19.0 Å². The van der Waals surface area contributed by atoms with Crippen molar-refractivity contribution in [2.45, 2.75) is 57.9 Å². The van der Waals surface area contributed by atoms with E-state index >= 15 is 0 Å². The number of halogens is 1. The minimum atomic E-state index is -1.10. The predicted octanol–water partition coefficient (Wildman–Crippen LogP) is 7.35. The Morgan fingerprint density at radius 2 is 1.82 bits per heavy atom. The van der Waals surface area contributed by atoms with E-state index in [1.807, 2.05) is 61.2 Å².